The minimum absolute atomic E-state index is 0.192. The van der Waals surface area contributed by atoms with Gasteiger partial charge in [-0.2, -0.15) is 5.10 Å². The van der Waals surface area contributed by atoms with E-state index in [4.69, 9.17) is 0 Å². The minimum atomic E-state index is -0.929. The van der Waals surface area contributed by atoms with Gasteiger partial charge in [0.05, 0.1) is 11.9 Å². The molecule has 0 spiro atoms. The Hall–Kier alpha value is -2.28. The standard InChI is InChI=1S/C14H14N4O2S/c1-14(2,3)11-8-6-9(13(19)20)21-12(8)18(17-11)10-7-15-4-5-16-10/h4-7H,1-3H3,(H,19,20). The van der Waals surface area contributed by atoms with Crippen molar-refractivity contribution in [1.29, 1.82) is 0 Å². The van der Waals surface area contributed by atoms with E-state index >= 15 is 0 Å². The van der Waals surface area contributed by atoms with E-state index in [1.54, 1.807) is 29.3 Å². The van der Waals surface area contributed by atoms with Crippen molar-refractivity contribution in [2.24, 2.45) is 0 Å². The van der Waals surface area contributed by atoms with E-state index in [1.165, 1.54) is 11.3 Å². The molecule has 3 aromatic rings. The quantitative estimate of drug-likeness (QED) is 0.787. The average molecular weight is 302 g/mol. The van der Waals surface area contributed by atoms with Crippen molar-refractivity contribution in [3.63, 3.8) is 0 Å². The largest absolute Gasteiger partial charge is 0.477 e. The zero-order valence-corrected chi connectivity index (χ0v) is 12.7. The molecule has 7 heteroatoms. The first-order chi connectivity index (χ1) is 9.88. The molecule has 0 aromatic carbocycles. The number of nitrogens with zero attached hydrogens (tertiary/aromatic N) is 4. The number of rotatable bonds is 2. The van der Waals surface area contributed by atoms with Crippen LogP contribution < -0.4 is 0 Å². The number of hydrogen-bond donors (Lipinski definition) is 1. The van der Waals surface area contributed by atoms with E-state index in [0.717, 1.165) is 15.9 Å². The van der Waals surface area contributed by atoms with Crippen LogP contribution in [0.3, 0.4) is 0 Å². The molecule has 0 atom stereocenters. The lowest BCUT2D eigenvalue weighted by Gasteiger charge is -2.15. The Morgan fingerprint density at radius 2 is 2.10 bits per heavy atom. The topological polar surface area (TPSA) is 80.9 Å². The highest BCUT2D eigenvalue weighted by atomic mass is 32.1. The zero-order chi connectivity index (χ0) is 15.2. The van der Waals surface area contributed by atoms with Crippen molar-refractivity contribution in [2.75, 3.05) is 0 Å². The summed E-state index contributed by atoms with van der Waals surface area (Å²) >= 11 is 1.20. The first kappa shape index (κ1) is 13.7. The lowest BCUT2D eigenvalue weighted by atomic mass is 9.91. The summed E-state index contributed by atoms with van der Waals surface area (Å²) in [5, 5.41) is 14.7. The fourth-order valence-electron chi connectivity index (χ4n) is 2.12. The second-order valence-electron chi connectivity index (χ2n) is 5.71. The van der Waals surface area contributed by atoms with E-state index in [9.17, 15) is 9.90 Å². The lowest BCUT2D eigenvalue weighted by molar-refractivity contribution is 0.0702. The number of aromatic carboxylic acids is 1. The molecule has 0 radical (unpaired) electrons. The Bertz CT molecular complexity index is 815. The van der Waals surface area contributed by atoms with E-state index < -0.39 is 5.97 Å². The van der Waals surface area contributed by atoms with Crippen LogP contribution in [0.25, 0.3) is 16.0 Å². The van der Waals surface area contributed by atoms with Gasteiger partial charge < -0.3 is 5.11 Å². The van der Waals surface area contributed by atoms with Crippen LogP contribution in [0.4, 0.5) is 0 Å². The van der Waals surface area contributed by atoms with Crippen molar-refractivity contribution in [3.8, 4) is 5.82 Å². The monoisotopic (exact) mass is 302 g/mol. The summed E-state index contributed by atoms with van der Waals surface area (Å²) < 4.78 is 1.67. The molecular formula is C14H14N4O2S. The van der Waals surface area contributed by atoms with Crippen molar-refractivity contribution >= 4 is 27.5 Å². The molecule has 0 aliphatic carbocycles. The van der Waals surface area contributed by atoms with Crippen LogP contribution in [0, 0.1) is 0 Å². The number of fused-ring (bicyclic) bond motifs is 1. The smallest absolute Gasteiger partial charge is 0.345 e. The van der Waals surface area contributed by atoms with Crippen molar-refractivity contribution in [2.45, 2.75) is 26.2 Å². The molecule has 21 heavy (non-hydrogen) atoms. The molecule has 108 valence electrons. The van der Waals surface area contributed by atoms with Gasteiger partial charge in [0.15, 0.2) is 5.82 Å². The van der Waals surface area contributed by atoms with Gasteiger partial charge >= 0.3 is 5.97 Å². The molecule has 3 rings (SSSR count). The summed E-state index contributed by atoms with van der Waals surface area (Å²) in [6.45, 7) is 6.15. The molecule has 0 aliphatic rings. The third-order valence-corrected chi connectivity index (χ3v) is 4.15. The average Bonchev–Trinajstić information content (AvgIpc) is 2.96. The normalized spacial score (nSPS) is 12.0. The van der Waals surface area contributed by atoms with Gasteiger partial charge in [0.2, 0.25) is 0 Å². The van der Waals surface area contributed by atoms with Crippen LogP contribution in [0.15, 0.2) is 24.7 Å². The van der Waals surface area contributed by atoms with Gasteiger partial charge in [0.25, 0.3) is 0 Å². The van der Waals surface area contributed by atoms with Gasteiger partial charge in [0, 0.05) is 23.2 Å². The van der Waals surface area contributed by atoms with Crippen LogP contribution in [-0.4, -0.2) is 30.8 Å². The summed E-state index contributed by atoms with van der Waals surface area (Å²) in [6.07, 6.45) is 4.79. The molecule has 3 heterocycles. The third kappa shape index (κ3) is 2.29. The first-order valence-corrected chi connectivity index (χ1v) is 7.22. The second kappa shape index (κ2) is 4.63. The molecule has 3 aromatic heterocycles. The van der Waals surface area contributed by atoms with Crippen LogP contribution in [0.5, 0.6) is 0 Å². The number of aromatic nitrogens is 4. The van der Waals surface area contributed by atoms with Gasteiger partial charge in [-0.05, 0) is 6.07 Å². The van der Waals surface area contributed by atoms with Crippen LogP contribution in [0.1, 0.15) is 36.1 Å². The summed E-state index contributed by atoms with van der Waals surface area (Å²) in [5.74, 6) is -0.349. The summed E-state index contributed by atoms with van der Waals surface area (Å²) in [5.41, 5.74) is 0.662. The number of hydrogen-bond acceptors (Lipinski definition) is 5. The van der Waals surface area contributed by atoms with Crippen molar-refractivity contribution in [1.82, 2.24) is 19.7 Å². The fraction of sp³-hybridized carbons (Fsp3) is 0.286. The Balaban J connectivity index is 2.32. The highest BCUT2D eigenvalue weighted by Gasteiger charge is 2.26. The van der Waals surface area contributed by atoms with Gasteiger partial charge in [-0.1, -0.05) is 20.8 Å². The molecule has 0 unspecified atom stereocenters. The molecule has 0 bridgehead atoms. The SMILES string of the molecule is CC(C)(C)c1nn(-c2cnccn2)c2sc(C(=O)O)cc12. The highest BCUT2D eigenvalue weighted by Crippen LogP contribution is 2.35. The predicted molar refractivity (Wildman–Crippen MR) is 80.2 cm³/mol. The first-order valence-electron chi connectivity index (χ1n) is 6.40. The van der Waals surface area contributed by atoms with Crippen molar-refractivity contribution < 1.29 is 9.90 Å². The van der Waals surface area contributed by atoms with E-state index in [0.29, 0.717) is 10.7 Å². The molecule has 6 nitrogen and oxygen atoms in total. The van der Waals surface area contributed by atoms with Gasteiger partial charge in [0.1, 0.15) is 9.71 Å². The molecule has 0 aliphatic heterocycles. The fourth-order valence-corrected chi connectivity index (χ4v) is 3.08. The Morgan fingerprint density at radius 1 is 1.33 bits per heavy atom. The van der Waals surface area contributed by atoms with Crippen LogP contribution in [0.2, 0.25) is 0 Å². The lowest BCUT2D eigenvalue weighted by Crippen LogP contribution is -2.13. The third-order valence-electron chi connectivity index (χ3n) is 3.05. The van der Waals surface area contributed by atoms with Gasteiger partial charge in [-0.3, -0.25) is 4.98 Å². The number of thiophene rings is 1. The molecule has 1 N–H and O–H groups in total. The van der Waals surface area contributed by atoms with E-state index in [-0.39, 0.29) is 5.41 Å². The number of carbonyl (C=O) groups is 1. The number of carboxylic acid groups (broad SMARTS) is 1. The van der Waals surface area contributed by atoms with Crippen molar-refractivity contribution in [3.05, 3.63) is 35.2 Å². The maximum atomic E-state index is 11.2. The molecule has 0 amide bonds. The molecule has 0 fully saturated rings. The van der Waals surface area contributed by atoms with Crippen LogP contribution >= 0.6 is 11.3 Å². The van der Waals surface area contributed by atoms with Gasteiger partial charge in [-0.25, -0.2) is 14.5 Å². The zero-order valence-electron chi connectivity index (χ0n) is 11.9. The Morgan fingerprint density at radius 3 is 2.67 bits per heavy atom. The van der Waals surface area contributed by atoms with Crippen LogP contribution in [-0.2, 0) is 5.41 Å². The molecular weight excluding hydrogens is 288 g/mol. The van der Waals surface area contributed by atoms with Gasteiger partial charge in [-0.15, -0.1) is 11.3 Å². The second-order valence-corrected chi connectivity index (χ2v) is 6.74. The molecule has 0 saturated carbocycles. The maximum absolute atomic E-state index is 11.2. The highest BCUT2D eigenvalue weighted by molar-refractivity contribution is 7.20. The summed E-state index contributed by atoms with van der Waals surface area (Å²) in [7, 11) is 0. The number of carboxylic acids is 1. The Labute approximate surface area is 125 Å². The van der Waals surface area contributed by atoms with E-state index in [1.807, 2.05) is 20.8 Å². The maximum Gasteiger partial charge on any atom is 0.345 e. The molecule has 0 saturated heterocycles. The predicted octanol–water partition coefficient (Wildman–Crippen LogP) is 2.87. The summed E-state index contributed by atoms with van der Waals surface area (Å²) in [4.78, 5) is 20.6. The van der Waals surface area contributed by atoms with E-state index in [2.05, 4.69) is 15.1 Å². The Kier molecular flexibility index (Phi) is 3.02. The minimum Gasteiger partial charge on any atom is -0.477 e. The summed E-state index contributed by atoms with van der Waals surface area (Å²) in [6, 6.07) is 1.68.